The van der Waals surface area contributed by atoms with Crippen LogP contribution in [0.5, 0.6) is 11.5 Å². The molecule has 0 bridgehead atoms. The first-order valence-electron chi connectivity index (χ1n) is 7.78. The van der Waals surface area contributed by atoms with E-state index in [1.54, 1.807) is 0 Å². The molecule has 0 aliphatic rings. The zero-order valence-electron chi connectivity index (χ0n) is 13.7. The van der Waals surface area contributed by atoms with Crippen LogP contribution in [0.4, 0.5) is 0 Å². The minimum atomic E-state index is 0.545. The zero-order valence-corrected chi connectivity index (χ0v) is 13.7. The van der Waals surface area contributed by atoms with Crippen molar-refractivity contribution in [2.45, 2.75) is 33.8 Å². The molecule has 0 radical (unpaired) electrons. The van der Waals surface area contributed by atoms with E-state index in [9.17, 15) is 0 Å². The number of aryl methyl sites for hydroxylation is 2. The summed E-state index contributed by atoms with van der Waals surface area (Å²) in [5, 5.41) is 0. The third-order valence-corrected chi connectivity index (χ3v) is 3.63. The maximum absolute atomic E-state index is 5.99. The Morgan fingerprint density at radius 1 is 0.955 bits per heavy atom. The molecular formula is C19H25NO2. The summed E-state index contributed by atoms with van der Waals surface area (Å²) in [7, 11) is 0. The van der Waals surface area contributed by atoms with Gasteiger partial charge in [-0.25, -0.2) is 0 Å². The van der Waals surface area contributed by atoms with Gasteiger partial charge in [-0.05, 0) is 62.6 Å². The van der Waals surface area contributed by atoms with E-state index in [-0.39, 0.29) is 0 Å². The summed E-state index contributed by atoms with van der Waals surface area (Å²) in [5.74, 6) is 1.57. The van der Waals surface area contributed by atoms with Crippen LogP contribution in [-0.4, -0.2) is 13.2 Å². The molecule has 22 heavy (non-hydrogen) atoms. The first-order chi connectivity index (χ1) is 10.6. The van der Waals surface area contributed by atoms with Crippen molar-refractivity contribution in [1.82, 2.24) is 0 Å². The van der Waals surface area contributed by atoms with Crippen LogP contribution in [0, 0.1) is 13.8 Å². The largest absolute Gasteiger partial charge is 0.490 e. The van der Waals surface area contributed by atoms with Gasteiger partial charge in [0.05, 0.1) is 6.61 Å². The average molecular weight is 299 g/mol. The van der Waals surface area contributed by atoms with Crippen molar-refractivity contribution in [3.63, 3.8) is 0 Å². The lowest BCUT2D eigenvalue weighted by molar-refractivity contribution is 0.268. The van der Waals surface area contributed by atoms with Crippen LogP contribution >= 0.6 is 0 Å². The third-order valence-electron chi connectivity index (χ3n) is 3.63. The van der Waals surface area contributed by atoms with Gasteiger partial charge in [-0.15, -0.1) is 0 Å². The second kappa shape index (κ2) is 7.85. The number of nitrogens with two attached hydrogens (primary N) is 1. The number of hydrogen-bond acceptors (Lipinski definition) is 3. The lowest BCUT2D eigenvalue weighted by Crippen LogP contribution is -2.05. The highest BCUT2D eigenvalue weighted by molar-refractivity contribution is 5.43. The fraction of sp³-hybridized carbons (Fsp3) is 0.368. The van der Waals surface area contributed by atoms with Gasteiger partial charge >= 0.3 is 0 Å². The summed E-state index contributed by atoms with van der Waals surface area (Å²) in [5.41, 5.74) is 10.5. The van der Waals surface area contributed by atoms with Gasteiger partial charge in [-0.3, -0.25) is 0 Å². The Balaban J connectivity index is 2.15. The maximum atomic E-state index is 5.99. The number of hydrogen-bond donors (Lipinski definition) is 1. The molecule has 118 valence electrons. The van der Waals surface area contributed by atoms with Crippen molar-refractivity contribution in [2.75, 3.05) is 13.2 Å². The first-order valence-corrected chi connectivity index (χ1v) is 7.78. The SMILES string of the molecule is CCOc1cc(CCN)ccc1OCc1cc(C)ccc1C. The maximum Gasteiger partial charge on any atom is 0.161 e. The van der Waals surface area contributed by atoms with E-state index in [0.29, 0.717) is 19.8 Å². The van der Waals surface area contributed by atoms with E-state index < -0.39 is 0 Å². The molecule has 2 aromatic rings. The second-order valence-electron chi connectivity index (χ2n) is 5.47. The summed E-state index contributed by atoms with van der Waals surface area (Å²) in [4.78, 5) is 0. The number of rotatable bonds is 7. The van der Waals surface area contributed by atoms with E-state index in [4.69, 9.17) is 15.2 Å². The minimum Gasteiger partial charge on any atom is -0.490 e. The quantitative estimate of drug-likeness (QED) is 0.846. The molecule has 2 N–H and O–H groups in total. The van der Waals surface area contributed by atoms with Crippen molar-refractivity contribution in [2.24, 2.45) is 5.73 Å². The second-order valence-corrected chi connectivity index (χ2v) is 5.47. The van der Waals surface area contributed by atoms with Crippen LogP contribution in [0.2, 0.25) is 0 Å². The van der Waals surface area contributed by atoms with E-state index in [2.05, 4.69) is 32.0 Å². The van der Waals surface area contributed by atoms with Crippen LogP contribution in [-0.2, 0) is 13.0 Å². The molecule has 0 aliphatic heterocycles. The van der Waals surface area contributed by atoms with Crippen molar-refractivity contribution in [3.8, 4) is 11.5 Å². The Morgan fingerprint density at radius 2 is 1.77 bits per heavy atom. The highest BCUT2D eigenvalue weighted by atomic mass is 16.5. The molecule has 0 unspecified atom stereocenters. The monoisotopic (exact) mass is 299 g/mol. The van der Waals surface area contributed by atoms with E-state index in [1.165, 1.54) is 22.3 Å². The fourth-order valence-electron chi connectivity index (χ4n) is 2.37. The highest BCUT2D eigenvalue weighted by Gasteiger charge is 2.08. The van der Waals surface area contributed by atoms with Gasteiger partial charge in [0, 0.05) is 0 Å². The van der Waals surface area contributed by atoms with E-state index >= 15 is 0 Å². The summed E-state index contributed by atoms with van der Waals surface area (Å²) < 4.78 is 11.7. The fourth-order valence-corrected chi connectivity index (χ4v) is 2.37. The van der Waals surface area contributed by atoms with Gasteiger partial charge in [0.25, 0.3) is 0 Å². The van der Waals surface area contributed by atoms with Gasteiger partial charge in [-0.1, -0.05) is 29.8 Å². The van der Waals surface area contributed by atoms with Gasteiger partial charge in [0.15, 0.2) is 11.5 Å². The summed E-state index contributed by atoms with van der Waals surface area (Å²) in [6.07, 6.45) is 0.845. The summed E-state index contributed by atoms with van der Waals surface area (Å²) in [6.45, 7) is 7.97. The zero-order chi connectivity index (χ0) is 15.9. The van der Waals surface area contributed by atoms with Crippen molar-refractivity contribution < 1.29 is 9.47 Å². The molecule has 0 heterocycles. The molecular weight excluding hydrogens is 274 g/mol. The lowest BCUT2D eigenvalue weighted by atomic mass is 10.1. The summed E-state index contributed by atoms with van der Waals surface area (Å²) in [6, 6.07) is 12.5. The Labute approximate surface area is 133 Å². The van der Waals surface area contributed by atoms with Crippen LogP contribution in [0.3, 0.4) is 0 Å². The Morgan fingerprint density at radius 3 is 2.50 bits per heavy atom. The Hall–Kier alpha value is -2.00. The highest BCUT2D eigenvalue weighted by Crippen LogP contribution is 2.29. The van der Waals surface area contributed by atoms with E-state index in [1.807, 2.05) is 25.1 Å². The molecule has 0 aromatic heterocycles. The Bertz CT molecular complexity index is 623. The van der Waals surface area contributed by atoms with Gasteiger partial charge < -0.3 is 15.2 Å². The van der Waals surface area contributed by atoms with Crippen LogP contribution in [0.1, 0.15) is 29.2 Å². The van der Waals surface area contributed by atoms with Crippen molar-refractivity contribution in [1.29, 1.82) is 0 Å². The third kappa shape index (κ3) is 4.25. The summed E-state index contributed by atoms with van der Waals surface area (Å²) >= 11 is 0. The predicted octanol–water partition coefficient (Wildman–Crippen LogP) is 3.78. The molecule has 0 spiro atoms. The van der Waals surface area contributed by atoms with Gasteiger partial charge in [0.1, 0.15) is 6.61 Å². The molecule has 0 saturated heterocycles. The first kappa shape index (κ1) is 16.4. The molecule has 0 aliphatic carbocycles. The topological polar surface area (TPSA) is 44.5 Å². The smallest absolute Gasteiger partial charge is 0.161 e. The molecule has 0 saturated carbocycles. The van der Waals surface area contributed by atoms with Crippen LogP contribution < -0.4 is 15.2 Å². The molecule has 3 nitrogen and oxygen atoms in total. The van der Waals surface area contributed by atoms with Crippen LogP contribution in [0.15, 0.2) is 36.4 Å². The Kier molecular flexibility index (Phi) is 5.84. The lowest BCUT2D eigenvalue weighted by Gasteiger charge is -2.14. The molecule has 2 rings (SSSR count). The predicted molar refractivity (Wildman–Crippen MR) is 90.6 cm³/mol. The van der Waals surface area contributed by atoms with Gasteiger partial charge in [-0.2, -0.15) is 0 Å². The van der Waals surface area contributed by atoms with E-state index in [0.717, 1.165) is 17.9 Å². The molecule has 3 heteroatoms. The normalized spacial score (nSPS) is 10.5. The van der Waals surface area contributed by atoms with Crippen LogP contribution in [0.25, 0.3) is 0 Å². The number of benzene rings is 2. The average Bonchev–Trinajstić information content (AvgIpc) is 2.50. The molecule has 0 amide bonds. The molecule has 0 atom stereocenters. The van der Waals surface area contributed by atoms with Crippen molar-refractivity contribution >= 4 is 0 Å². The van der Waals surface area contributed by atoms with Gasteiger partial charge in [0.2, 0.25) is 0 Å². The van der Waals surface area contributed by atoms with Crippen molar-refractivity contribution in [3.05, 3.63) is 58.7 Å². The minimum absolute atomic E-state index is 0.545. The number of ether oxygens (including phenoxy) is 2. The standard InChI is InChI=1S/C19H25NO2/c1-4-21-19-12-16(9-10-20)7-8-18(19)22-13-17-11-14(2)5-6-15(17)3/h5-8,11-12H,4,9-10,13,20H2,1-3H3. The molecule has 2 aromatic carbocycles. The molecule has 0 fully saturated rings.